The van der Waals surface area contributed by atoms with Crippen LogP contribution in [0.4, 0.5) is 18.9 Å². The molecule has 3 heterocycles. The van der Waals surface area contributed by atoms with Crippen LogP contribution in [0.3, 0.4) is 0 Å². The van der Waals surface area contributed by atoms with E-state index in [0.29, 0.717) is 68.6 Å². The monoisotopic (exact) mass is 448 g/mol. The minimum Gasteiger partial charge on any atom is -0.367 e. The molecule has 4 rings (SSSR count). The SMILES string of the molecule is O=C1CCCCN1CCCC(=O)N1CCN(c2cc(C(F)(F)F)nc3ccccc23)CC1. The number of halogens is 3. The third-order valence-corrected chi connectivity index (χ3v) is 6.20. The van der Waals surface area contributed by atoms with Gasteiger partial charge in [-0.15, -0.1) is 0 Å². The number of amides is 2. The van der Waals surface area contributed by atoms with E-state index in [1.54, 1.807) is 29.2 Å². The molecule has 1 aromatic heterocycles. The number of para-hydroxylation sites is 1. The molecule has 32 heavy (non-hydrogen) atoms. The first-order valence-corrected chi connectivity index (χ1v) is 11.1. The first-order chi connectivity index (χ1) is 15.3. The van der Waals surface area contributed by atoms with Crippen molar-refractivity contribution in [2.45, 2.75) is 38.3 Å². The van der Waals surface area contributed by atoms with Crippen molar-refractivity contribution < 1.29 is 22.8 Å². The highest BCUT2D eigenvalue weighted by Gasteiger charge is 2.34. The summed E-state index contributed by atoms with van der Waals surface area (Å²) < 4.78 is 40.0. The predicted octanol–water partition coefficient (Wildman–Crippen LogP) is 3.69. The topological polar surface area (TPSA) is 56.8 Å². The zero-order valence-electron chi connectivity index (χ0n) is 17.9. The Hall–Kier alpha value is -2.84. The fourth-order valence-electron chi connectivity index (χ4n) is 4.44. The van der Waals surface area contributed by atoms with Gasteiger partial charge in [-0.3, -0.25) is 9.59 Å². The third-order valence-electron chi connectivity index (χ3n) is 6.20. The number of carbonyl (C=O) groups excluding carboxylic acids is 2. The van der Waals surface area contributed by atoms with Crippen molar-refractivity contribution in [1.82, 2.24) is 14.8 Å². The van der Waals surface area contributed by atoms with E-state index in [-0.39, 0.29) is 11.8 Å². The van der Waals surface area contributed by atoms with Crippen LogP contribution in [0.2, 0.25) is 0 Å². The van der Waals surface area contributed by atoms with Crippen LogP contribution < -0.4 is 4.90 Å². The van der Waals surface area contributed by atoms with E-state index in [1.165, 1.54) is 0 Å². The third kappa shape index (κ3) is 4.97. The standard InChI is InChI=1S/C23H27F3N4O2/c24-23(25,26)20-16-19(17-6-1-2-7-18(17)27-20)28-12-14-30(15-13-28)22(32)9-5-11-29-10-4-3-8-21(29)31/h1-2,6-7,16H,3-5,8-15H2. The maximum atomic E-state index is 13.3. The minimum atomic E-state index is -4.52. The number of likely N-dealkylation sites (tertiary alicyclic amines) is 1. The molecule has 0 aliphatic carbocycles. The number of alkyl halides is 3. The fraction of sp³-hybridized carbons (Fsp3) is 0.522. The van der Waals surface area contributed by atoms with Crippen LogP contribution in [-0.4, -0.2) is 65.9 Å². The summed E-state index contributed by atoms with van der Waals surface area (Å²) in [6.45, 7) is 3.21. The molecule has 0 saturated carbocycles. The summed E-state index contributed by atoms with van der Waals surface area (Å²) >= 11 is 0. The normalized spacial score (nSPS) is 17.8. The molecule has 2 amide bonds. The Labute approximate surface area is 185 Å². The number of anilines is 1. The highest BCUT2D eigenvalue weighted by Crippen LogP contribution is 2.35. The van der Waals surface area contributed by atoms with Crippen molar-refractivity contribution >= 4 is 28.4 Å². The zero-order valence-corrected chi connectivity index (χ0v) is 17.9. The minimum absolute atomic E-state index is 0.0321. The second kappa shape index (κ2) is 9.34. The van der Waals surface area contributed by atoms with Crippen LogP contribution in [0.15, 0.2) is 30.3 Å². The van der Waals surface area contributed by atoms with Gasteiger partial charge in [0.05, 0.1) is 5.52 Å². The molecule has 1 aromatic carbocycles. The Balaban J connectivity index is 1.37. The van der Waals surface area contributed by atoms with E-state index in [9.17, 15) is 22.8 Å². The number of nitrogens with zero attached hydrogens (tertiary/aromatic N) is 4. The molecule has 0 bridgehead atoms. The number of pyridine rings is 1. The first-order valence-electron chi connectivity index (χ1n) is 11.1. The van der Waals surface area contributed by atoms with Gasteiger partial charge in [0.1, 0.15) is 5.69 Å². The number of aromatic nitrogens is 1. The highest BCUT2D eigenvalue weighted by molar-refractivity contribution is 5.92. The van der Waals surface area contributed by atoms with E-state index in [2.05, 4.69) is 4.98 Å². The maximum Gasteiger partial charge on any atom is 0.433 e. The molecule has 0 N–H and O–H groups in total. The molecular weight excluding hydrogens is 421 g/mol. The predicted molar refractivity (Wildman–Crippen MR) is 115 cm³/mol. The number of benzene rings is 1. The van der Waals surface area contributed by atoms with Crippen molar-refractivity contribution in [3.05, 3.63) is 36.0 Å². The zero-order chi connectivity index (χ0) is 22.7. The van der Waals surface area contributed by atoms with Crippen molar-refractivity contribution in [3.63, 3.8) is 0 Å². The van der Waals surface area contributed by atoms with Gasteiger partial charge in [0.2, 0.25) is 11.8 Å². The molecule has 0 unspecified atom stereocenters. The van der Waals surface area contributed by atoms with Crippen LogP contribution >= 0.6 is 0 Å². The summed E-state index contributed by atoms with van der Waals surface area (Å²) in [5, 5.41) is 0.673. The van der Waals surface area contributed by atoms with Gasteiger partial charge < -0.3 is 14.7 Å². The number of hydrogen-bond donors (Lipinski definition) is 0. The van der Waals surface area contributed by atoms with E-state index >= 15 is 0 Å². The molecule has 172 valence electrons. The molecule has 2 fully saturated rings. The summed E-state index contributed by atoms with van der Waals surface area (Å²) in [5.41, 5.74) is -0.0984. The Morgan fingerprint density at radius 2 is 1.78 bits per heavy atom. The number of hydrogen-bond acceptors (Lipinski definition) is 4. The van der Waals surface area contributed by atoms with Crippen LogP contribution in [0.1, 0.15) is 37.8 Å². The lowest BCUT2D eigenvalue weighted by Gasteiger charge is -2.37. The average Bonchev–Trinajstić information content (AvgIpc) is 2.79. The Morgan fingerprint density at radius 3 is 2.50 bits per heavy atom. The Bertz CT molecular complexity index is 987. The van der Waals surface area contributed by atoms with E-state index in [4.69, 9.17) is 0 Å². The second-order valence-electron chi connectivity index (χ2n) is 8.35. The van der Waals surface area contributed by atoms with Crippen molar-refractivity contribution in [3.8, 4) is 0 Å². The van der Waals surface area contributed by atoms with E-state index < -0.39 is 11.9 Å². The lowest BCUT2D eigenvalue weighted by molar-refractivity contribution is -0.141. The van der Waals surface area contributed by atoms with Gasteiger partial charge in [0.15, 0.2) is 0 Å². The summed E-state index contributed by atoms with van der Waals surface area (Å²) in [4.78, 5) is 33.8. The molecule has 2 aliphatic rings. The average molecular weight is 448 g/mol. The number of piperidine rings is 1. The number of piperazine rings is 1. The van der Waals surface area contributed by atoms with E-state index in [1.807, 2.05) is 9.80 Å². The van der Waals surface area contributed by atoms with Crippen LogP contribution in [0, 0.1) is 0 Å². The Morgan fingerprint density at radius 1 is 1.03 bits per heavy atom. The van der Waals surface area contributed by atoms with Gasteiger partial charge in [-0.05, 0) is 31.4 Å². The van der Waals surface area contributed by atoms with Crippen LogP contribution in [0.5, 0.6) is 0 Å². The van der Waals surface area contributed by atoms with E-state index in [0.717, 1.165) is 25.5 Å². The van der Waals surface area contributed by atoms with Crippen molar-refractivity contribution in [2.24, 2.45) is 0 Å². The second-order valence-corrected chi connectivity index (χ2v) is 8.35. The molecule has 2 aliphatic heterocycles. The van der Waals surface area contributed by atoms with Gasteiger partial charge in [-0.2, -0.15) is 13.2 Å². The maximum absolute atomic E-state index is 13.3. The molecule has 2 aromatic rings. The summed E-state index contributed by atoms with van der Waals surface area (Å²) in [5.74, 6) is 0.199. The van der Waals surface area contributed by atoms with Crippen LogP contribution in [0.25, 0.3) is 10.9 Å². The largest absolute Gasteiger partial charge is 0.433 e. The first kappa shape index (κ1) is 22.4. The smallest absolute Gasteiger partial charge is 0.367 e. The van der Waals surface area contributed by atoms with Gasteiger partial charge in [0, 0.05) is 63.2 Å². The molecular formula is C23H27F3N4O2. The van der Waals surface area contributed by atoms with Gasteiger partial charge in [-0.25, -0.2) is 4.98 Å². The fourth-order valence-corrected chi connectivity index (χ4v) is 4.44. The molecule has 9 heteroatoms. The van der Waals surface area contributed by atoms with Crippen molar-refractivity contribution in [1.29, 1.82) is 0 Å². The van der Waals surface area contributed by atoms with Crippen molar-refractivity contribution in [2.75, 3.05) is 44.2 Å². The molecule has 6 nitrogen and oxygen atoms in total. The number of rotatable bonds is 5. The summed E-state index contributed by atoms with van der Waals surface area (Å²) in [6, 6.07) is 7.93. The molecule has 0 atom stereocenters. The van der Waals surface area contributed by atoms with Gasteiger partial charge >= 0.3 is 6.18 Å². The molecule has 2 saturated heterocycles. The van der Waals surface area contributed by atoms with Crippen LogP contribution in [-0.2, 0) is 15.8 Å². The lowest BCUT2D eigenvalue weighted by Crippen LogP contribution is -2.49. The summed E-state index contributed by atoms with van der Waals surface area (Å²) in [7, 11) is 0. The quantitative estimate of drug-likeness (QED) is 0.700. The Kier molecular flexibility index (Phi) is 6.53. The van der Waals surface area contributed by atoms with Gasteiger partial charge in [0.25, 0.3) is 0 Å². The molecule has 0 radical (unpaired) electrons. The lowest BCUT2D eigenvalue weighted by atomic mass is 10.1. The number of carbonyl (C=O) groups is 2. The highest BCUT2D eigenvalue weighted by atomic mass is 19.4. The summed E-state index contributed by atoms with van der Waals surface area (Å²) in [6.07, 6.45) is -0.964. The number of fused-ring (bicyclic) bond motifs is 1. The van der Waals surface area contributed by atoms with Gasteiger partial charge in [-0.1, -0.05) is 18.2 Å². The molecule has 0 spiro atoms.